The summed E-state index contributed by atoms with van der Waals surface area (Å²) in [5.41, 5.74) is 0. The van der Waals surface area contributed by atoms with Gasteiger partial charge in [0.25, 0.3) is 0 Å². The summed E-state index contributed by atoms with van der Waals surface area (Å²) < 4.78 is 17.5. The first kappa shape index (κ1) is 63.4. The molecule has 0 aromatic heterocycles. The number of hydrogen-bond acceptors (Lipinski definition) is 10. The number of nitrogens with one attached hydrogen (secondary N) is 1. The molecular weight excluding hydrogens is 859 g/mol. The normalized spacial score (nSPS) is 20.4. The first-order valence-electron chi connectivity index (χ1n) is 27.6. The van der Waals surface area contributed by atoms with Crippen LogP contribution in [0.1, 0.15) is 226 Å². The Morgan fingerprint density at radius 2 is 1.06 bits per heavy atom. The fourth-order valence-corrected chi connectivity index (χ4v) is 8.37. The second-order valence-electron chi connectivity index (χ2n) is 19.0. The summed E-state index contributed by atoms with van der Waals surface area (Å²) in [7, 11) is 0. The highest BCUT2D eigenvalue weighted by Gasteiger charge is 2.47. The lowest BCUT2D eigenvalue weighted by Crippen LogP contribution is -2.61. The van der Waals surface area contributed by atoms with Crippen LogP contribution in [0.5, 0.6) is 0 Å². The van der Waals surface area contributed by atoms with Crippen molar-refractivity contribution in [3.8, 4) is 0 Å². The van der Waals surface area contributed by atoms with Gasteiger partial charge in [0.05, 0.1) is 25.4 Å². The molecule has 8 unspecified atom stereocenters. The number of esters is 1. The Hall–Kier alpha value is -2.64. The smallest absolute Gasteiger partial charge is 0.306 e. The zero-order valence-corrected chi connectivity index (χ0v) is 43.2. The van der Waals surface area contributed by atoms with Crippen LogP contribution in [0, 0.1) is 0 Å². The van der Waals surface area contributed by atoms with Gasteiger partial charge in [0, 0.05) is 6.42 Å². The van der Waals surface area contributed by atoms with Crippen LogP contribution >= 0.6 is 0 Å². The first-order chi connectivity index (χ1) is 33.2. The van der Waals surface area contributed by atoms with Crippen LogP contribution in [-0.2, 0) is 23.8 Å². The van der Waals surface area contributed by atoms with Gasteiger partial charge in [-0.3, -0.25) is 9.59 Å². The molecule has 6 N–H and O–H groups in total. The highest BCUT2D eigenvalue weighted by Crippen LogP contribution is 2.26. The Morgan fingerprint density at radius 3 is 1.59 bits per heavy atom. The lowest BCUT2D eigenvalue weighted by Gasteiger charge is -2.41. The second kappa shape index (κ2) is 45.5. The molecule has 0 radical (unpaired) electrons. The van der Waals surface area contributed by atoms with E-state index in [0.29, 0.717) is 12.8 Å². The molecule has 1 rings (SSSR count). The number of amides is 1. The molecule has 0 saturated carbocycles. The van der Waals surface area contributed by atoms with Crippen LogP contribution in [0.25, 0.3) is 0 Å². The summed E-state index contributed by atoms with van der Waals surface area (Å²) in [6, 6.07) is -1.04. The molecule has 68 heavy (non-hydrogen) atoms. The van der Waals surface area contributed by atoms with Gasteiger partial charge in [-0.15, -0.1) is 0 Å². The Morgan fingerprint density at radius 1 is 0.588 bits per heavy atom. The number of unbranched alkanes of at least 4 members (excludes halogenated alkanes) is 26. The van der Waals surface area contributed by atoms with Gasteiger partial charge in [0.1, 0.15) is 24.4 Å². The molecule has 8 atom stereocenters. The van der Waals surface area contributed by atoms with Crippen LogP contribution in [0.2, 0.25) is 0 Å². The summed E-state index contributed by atoms with van der Waals surface area (Å²) in [5.74, 6) is -1.24. The van der Waals surface area contributed by atoms with Crippen molar-refractivity contribution < 1.29 is 49.3 Å². The van der Waals surface area contributed by atoms with Crippen molar-refractivity contribution in [1.82, 2.24) is 5.32 Å². The summed E-state index contributed by atoms with van der Waals surface area (Å²) in [6.07, 6.45) is 44.2. The van der Waals surface area contributed by atoms with Crippen molar-refractivity contribution in [3.63, 3.8) is 0 Å². The molecule has 11 heteroatoms. The van der Waals surface area contributed by atoms with Crippen LogP contribution in [0.4, 0.5) is 0 Å². The number of aliphatic hydroxyl groups is 5. The molecule has 0 aliphatic carbocycles. The monoisotopic (exact) mass is 960 g/mol. The molecule has 0 spiro atoms. The van der Waals surface area contributed by atoms with E-state index in [1.54, 1.807) is 6.08 Å². The molecule has 1 heterocycles. The number of hydrogen-bond donors (Lipinski definition) is 6. The van der Waals surface area contributed by atoms with Gasteiger partial charge in [-0.1, -0.05) is 236 Å². The van der Waals surface area contributed by atoms with Crippen LogP contribution < -0.4 is 5.32 Å². The molecule has 0 aromatic carbocycles. The van der Waals surface area contributed by atoms with Crippen LogP contribution in [0.15, 0.2) is 60.8 Å². The predicted octanol–water partition coefficient (Wildman–Crippen LogP) is 11.9. The van der Waals surface area contributed by atoms with Gasteiger partial charge in [-0.2, -0.15) is 0 Å². The second-order valence-corrected chi connectivity index (χ2v) is 19.0. The Labute approximate surface area is 414 Å². The number of aliphatic hydroxyl groups excluding tert-OH is 5. The van der Waals surface area contributed by atoms with E-state index in [9.17, 15) is 35.1 Å². The lowest BCUT2D eigenvalue weighted by molar-refractivity contribution is -0.305. The van der Waals surface area contributed by atoms with Gasteiger partial charge in [-0.25, -0.2) is 0 Å². The van der Waals surface area contributed by atoms with E-state index in [-0.39, 0.29) is 19.4 Å². The van der Waals surface area contributed by atoms with E-state index in [1.807, 2.05) is 48.6 Å². The van der Waals surface area contributed by atoms with E-state index in [2.05, 4.69) is 32.2 Å². The Bertz CT molecular complexity index is 1330. The maximum Gasteiger partial charge on any atom is 0.306 e. The highest BCUT2D eigenvalue weighted by molar-refractivity contribution is 5.80. The predicted molar refractivity (Wildman–Crippen MR) is 278 cm³/mol. The number of carbonyl (C=O) groups is 2. The summed E-state index contributed by atoms with van der Waals surface area (Å²) in [4.78, 5) is 26.4. The SMILES string of the molecule is CC/C=C/C=C/C=C\C=C/CCCCC(O)C(=O)NC(COC1OC(CO)C(O)C(O)C1OC(=O)CCCCCCCCCCCCCCCC)C(O)/C=C/CCCCCCCCCCCCC. The Balaban J connectivity index is 2.79. The van der Waals surface area contributed by atoms with Crippen molar-refractivity contribution >= 4 is 11.9 Å². The van der Waals surface area contributed by atoms with Crippen molar-refractivity contribution in [2.24, 2.45) is 0 Å². The van der Waals surface area contributed by atoms with Crippen molar-refractivity contribution in [3.05, 3.63) is 60.8 Å². The largest absolute Gasteiger partial charge is 0.454 e. The van der Waals surface area contributed by atoms with Gasteiger partial charge in [0.15, 0.2) is 12.4 Å². The van der Waals surface area contributed by atoms with Gasteiger partial charge >= 0.3 is 5.97 Å². The highest BCUT2D eigenvalue weighted by atomic mass is 16.7. The standard InChI is InChI=1S/C57H101NO10/c1-4-7-10-13-16-19-22-25-27-30-33-36-39-42-45-52(62)68-55-54(64)53(63)51(46-59)67-57(55)66-47-48(49(60)43-40-37-34-31-29-26-23-20-17-14-11-8-5-2)58-56(65)50(61)44-41-38-35-32-28-24-21-18-15-12-9-6-3/h9,12,15,18,21,24,28,32,40,43,48-51,53-55,57,59-61,63-64H,4-8,10-11,13-14,16-17,19-20,22-23,25-27,29-31,33-39,41-42,44-47H2,1-3H3,(H,58,65)/b12-9+,18-15+,24-21-,32-28-,43-40+. The summed E-state index contributed by atoms with van der Waals surface area (Å²) in [5, 5.41) is 56.6. The lowest BCUT2D eigenvalue weighted by atomic mass is 9.99. The summed E-state index contributed by atoms with van der Waals surface area (Å²) >= 11 is 0. The van der Waals surface area contributed by atoms with Gasteiger partial charge in [0.2, 0.25) is 5.91 Å². The van der Waals surface area contributed by atoms with Crippen LogP contribution in [-0.4, -0.2) is 99.6 Å². The third-order valence-corrected chi connectivity index (χ3v) is 12.8. The molecule has 1 fully saturated rings. The molecular formula is C57H101NO10. The molecule has 1 amide bonds. The topological polar surface area (TPSA) is 175 Å². The zero-order chi connectivity index (χ0) is 49.7. The van der Waals surface area contributed by atoms with Gasteiger partial charge in [-0.05, 0) is 44.9 Å². The molecule has 0 bridgehead atoms. The molecule has 1 aliphatic rings. The first-order valence-corrected chi connectivity index (χ1v) is 27.6. The quantitative estimate of drug-likeness (QED) is 0.0149. The number of rotatable bonds is 45. The molecule has 394 valence electrons. The summed E-state index contributed by atoms with van der Waals surface area (Å²) in [6.45, 7) is 5.60. The average Bonchev–Trinajstić information content (AvgIpc) is 3.33. The van der Waals surface area contributed by atoms with Crippen molar-refractivity contribution in [2.45, 2.75) is 275 Å². The number of allylic oxidation sites excluding steroid dienone is 9. The van der Waals surface area contributed by atoms with E-state index < -0.39 is 67.4 Å². The van der Waals surface area contributed by atoms with E-state index in [1.165, 1.54) is 122 Å². The zero-order valence-electron chi connectivity index (χ0n) is 43.2. The third kappa shape index (κ3) is 33.8. The minimum absolute atomic E-state index is 0.120. The third-order valence-electron chi connectivity index (χ3n) is 12.8. The maximum absolute atomic E-state index is 13.3. The Kier molecular flexibility index (Phi) is 42.4. The fourth-order valence-electron chi connectivity index (χ4n) is 8.37. The molecule has 0 aromatic rings. The van der Waals surface area contributed by atoms with Crippen LogP contribution in [0.3, 0.4) is 0 Å². The molecule has 1 aliphatic heterocycles. The van der Waals surface area contributed by atoms with Gasteiger partial charge < -0.3 is 45.1 Å². The van der Waals surface area contributed by atoms with E-state index >= 15 is 0 Å². The fraction of sp³-hybridized carbons (Fsp3) is 0.789. The molecule has 1 saturated heterocycles. The number of carbonyl (C=O) groups excluding carboxylic acids is 2. The minimum Gasteiger partial charge on any atom is -0.454 e. The minimum atomic E-state index is -1.62. The van der Waals surface area contributed by atoms with Crippen molar-refractivity contribution in [2.75, 3.05) is 13.2 Å². The number of ether oxygens (including phenoxy) is 3. The van der Waals surface area contributed by atoms with E-state index in [4.69, 9.17) is 14.2 Å². The van der Waals surface area contributed by atoms with E-state index in [0.717, 1.165) is 57.8 Å². The average molecular weight is 960 g/mol. The van der Waals surface area contributed by atoms with Crippen molar-refractivity contribution in [1.29, 1.82) is 0 Å². The molecule has 11 nitrogen and oxygen atoms in total. The maximum atomic E-state index is 13.3.